The summed E-state index contributed by atoms with van der Waals surface area (Å²) in [7, 11) is 0. The zero-order chi connectivity index (χ0) is 22.9. The first-order chi connectivity index (χ1) is 15.5. The summed E-state index contributed by atoms with van der Waals surface area (Å²) >= 11 is 6.03. The first-order valence-corrected chi connectivity index (χ1v) is 12.3. The molecule has 0 bridgehead atoms. The number of hydrogen-bond donors (Lipinski definition) is 1. The largest absolute Gasteiger partial charge is 0.352 e. The van der Waals surface area contributed by atoms with Gasteiger partial charge in [0.15, 0.2) is 0 Å². The lowest BCUT2D eigenvalue weighted by molar-refractivity contribution is -0.141. The van der Waals surface area contributed by atoms with Gasteiger partial charge in [-0.2, -0.15) is 0 Å². The van der Waals surface area contributed by atoms with Gasteiger partial charge in [-0.05, 0) is 61.4 Å². The Morgan fingerprint density at radius 2 is 1.56 bits per heavy atom. The van der Waals surface area contributed by atoms with Gasteiger partial charge in [0, 0.05) is 24.0 Å². The fourth-order valence-electron chi connectivity index (χ4n) is 4.27. The minimum absolute atomic E-state index is 0.00851. The molecule has 2 aromatic carbocycles. The number of carbonyl (C=O) groups is 2. The highest BCUT2D eigenvalue weighted by Crippen LogP contribution is 2.19. The van der Waals surface area contributed by atoms with Gasteiger partial charge < -0.3 is 10.2 Å². The molecule has 1 fully saturated rings. The van der Waals surface area contributed by atoms with Crippen LogP contribution in [0.2, 0.25) is 5.02 Å². The summed E-state index contributed by atoms with van der Waals surface area (Å²) in [5.74, 6) is -0.0719. The van der Waals surface area contributed by atoms with E-state index in [0.717, 1.165) is 43.2 Å². The monoisotopic (exact) mass is 454 g/mol. The van der Waals surface area contributed by atoms with Gasteiger partial charge >= 0.3 is 0 Å². The molecule has 0 spiro atoms. The van der Waals surface area contributed by atoms with Crippen LogP contribution >= 0.6 is 11.6 Å². The van der Waals surface area contributed by atoms with Crippen LogP contribution in [-0.4, -0.2) is 28.8 Å². The van der Waals surface area contributed by atoms with Crippen LogP contribution in [0.15, 0.2) is 48.5 Å². The summed E-state index contributed by atoms with van der Waals surface area (Å²) in [6.07, 6.45) is 7.64. The fraction of sp³-hybridized carbons (Fsp3) is 0.481. The van der Waals surface area contributed by atoms with Crippen LogP contribution in [0.25, 0.3) is 0 Å². The highest BCUT2D eigenvalue weighted by Gasteiger charge is 2.27. The van der Waals surface area contributed by atoms with E-state index in [9.17, 15) is 9.59 Å². The standard InChI is InChI=1S/C27H35ClN2O2/c1-3-21-9-11-22(12-10-21)15-18-26(31)30(19-23-13-16-24(28)17-14-23)20(2)27(32)29-25-7-5-4-6-8-25/h9-14,16-17,20,25H,3-8,15,18-19H2,1-2H3,(H,29,32)/t20-/m0/s1. The number of hydrogen-bond acceptors (Lipinski definition) is 2. The van der Waals surface area contributed by atoms with E-state index < -0.39 is 6.04 Å². The van der Waals surface area contributed by atoms with E-state index in [1.165, 1.54) is 12.0 Å². The van der Waals surface area contributed by atoms with Crippen LogP contribution in [0.5, 0.6) is 0 Å². The van der Waals surface area contributed by atoms with Crippen molar-refractivity contribution in [2.45, 2.75) is 83.8 Å². The van der Waals surface area contributed by atoms with E-state index in [0.29, 0.717) is 24.4 Å². The minimum atomic E-state index is -0.525. The third-order valence-corrected chi connectivity index (χ3v) is 6.70. The molecule has 1 aliphatic rings. The lowest BCUT2D eigenvalue weighted by Crippen LogP contribution is -2.50. The first kappa shape index (κ1) is 24.3. The number of halogens is 1. The molecular formula is C27H35ClN2O2. The maximum absolute atomic E-state index is 13.3. The highest BCUT2D eigenvalue weighted by atomic mass is 35.5. The van der Waals surface area contributed by atoms with Gasteiger partial charge in [-0.3, -0.25) is 9.59 Å². The van der Waals surface area contributed by atoms with Crippen molar-refractivity contribution in [2.75, 3.05) is 0 Å². The van der Waals surface area contributed by atoms with Gasteiger partial charge in [0.1, 0.15) is 6.04 Å². The van der Waals surface area contributed by atoms with E-state index >= 15 is 0 Å². The molecule has 0 unspecified atom stereocenters. The number of rotatable bonds is 9. The number of nitrogens with one attached hydrogen (secondary N) is 1. The molecule has 0 heterocycles. The number of amides is 2. The number of benzene rings is 2. The Balaban J connectivity index is 1.68. The van der Waals surface area contributed by atoms with Crippen LogP contribution in [0.4, 0.5) is 0 Å². The molecule has 2 amide bonds. The molecule has 1 saturated carbocycles. The van der Waals surface area contributed by atoms with E-state index in [4.69, 9.17) is 11.6 Å². The number of carbonyl (C=O) groups excluding carboxylic acids is 2. The Bertz CT molecular complexity index is 874. The highest BCUT2D eigenvalue weighted by molar-refractivity contribution is 6.30. The molecule has 5 heteroatoms. The molecule has 1 atom stereocenters. The van der Waals surface area contributed by atoms with Crippen molar-refractivity contribution in [2.24, 2.45) is 0 Å². The van der Waals surface area contributed by atoms with Gasteiger partial charge in [0.25, 0.3) is 0 Å². The summed E-state index contributed by atoms with van der Waals surface area (Å²) in [6.45, 7) is 4.36. The van der Waals surface area contributed by atoms with E-state index in [1.54, 1.807) is 4.90 Å². The molecule has 172 valence electrons. The lowest BCUT2D eigenvalue weighted by atomic mass is 9.95. The van der Waals surface area contributed by atoms with Gasteiger partial charge in [0.2, 0.25) is 11.8 Å². The zero-order valence-electron chi connectivity index (χ0n) is 19.3. The van der Waals surface area contributed by atoms with Crippen LogP contribution < -0.4 is 5.32 Å². The van der Waals surface area contributed by atoms with Crippen molar-refractivity contribution in [3.63, 3.8) is 0 Å². The lowest BCUT2D eigenvalue weighted by Gasteiger charge is -2.31. The zero-order valence-corrected chi connectivity index (χ0v) is 20.0. The molecule has 0 saturated heterocycles. The van der Waals surface area contributed by atoms with Crippen molar-refractivity contribution in [1.29, 1.82) is 0 Å². The smallest absolute Gasteiger partial charge is 0.242 e. The van der Waals surface area contributed by atoms with E-state index in [1.807, 2.05) is 31.2 Å². The summed E-state index contributed by atoms with van der Waals surface area (Å²) in [5.41, 5.74) is 3.39. The average molecular weight is 455 g/mol. The van der Waals surface area contributed by atoms with Crippen LogP contribution in [0.1, 0.15) is 69.1 Å². The number of nitrogens with zero attached hydrogens (tertiary/aromatic N) is 1. The molecule has 2 aromatic rings. The number of aryl methyl sites for hydroxylation is 2. The maximum Gasteiger partial charge on any atom is 0.242 e. The van der Waals surface area contributed by atoms with Crippen LogP contribution in [0.3, 0.4) is 0 Å². The molecule has 0 aliphatic heterocycles. The SMILES string of the molecule is CCc1ccc(CCC(=O)N(Cc2ccc(Cl)cc2)[C@@H](C)C(=O)NC2CCCCC2)cc1. The second-order valence-corrected chi connectivity index (χ2v) is 9.27. The summed E-state index contributed by atoms with van der Waals surface area (Å²) in [5, 5.41) is 3.84. The summed E-state index contributed by atoms with van der Waals surface area (Å²) in [6, 6.07) is 15.6. The summed E-state index contributed by atoms with van der Waals surface area (Å²) < 4.78 is 0. The van der Waals surface area contributed by atoms with Gasteiger partial charge in [-0.25, -0.2) is 0 Å². The third kappa shape index (κ3) is 7.09. The quantitative estimate of drug-likeness (QED) is 0.528. The second kappa shape index (κ2) is 12.1. The Morgan fingerprint density at radius 3 is 2.19 bits per heavy atom. The molecule has 1 aliphatic carbocycles. The summed E-state index contributed by atoms with van der Waals surface area (Å²) in [4.78, 5) is 28.0. The molecule has 32 heavy (non-hydrogen) atoms. The van der Waals surface area contributed by atoms with Crippen molar-refractivity contribution in [3.05, 3.63) is 70.2 Å². The van der Waals surface area contributed by atoms with Crippen molar-refractivity contribution in [3.8, 4) is 0 Å². The Kier molecular flexibility index (Phi) is 9.16. The first-order valence-electron chi connectivity index (χ1n) is 11.9. The topological polar surface area (TPSA) is 49.4 Å². The molecule has 4 nitrogen and oxygen atoms in total. The molecule has 3 rings (SSSR count). The normalized spacial score (nSPS) is 15.2. The van der Waals surface area contributed by atoms with Crippen LogP contribution in [-0.2, 0) is 29.0 Å². The molecule has 0 aromatic heterocycles. The van der Waals surface area contributed by atoms with E-state index in [2.05, 4.69) is 36.5 Å². The maximum atomic E-state index is 13.3. The Labute approximate surface area is 197 Å². The molecule has 0 radical (unpaired) electrons. The second-order valence-electron chi connectivity index (χ2n) is 8.84. The van der Waals surface area contributed by atoms with Crippen LogP contribution in [0, 0.1) is 0 Å². The van der Waals surface area contributed by atoms with Gasteiger partial charge in [0.05, 0.1) is 0 Å². The molecular weight excluding hydrogens is 420 g/mol. The average Bonchev–Trinajstić information content (AvgIpc) is 2.82. The predicted octanol–water partition coefficient (Wildman–Crippen LogP) is 5.70. The minimum Gasteiger partial charge on any atom is -0.352 e. The van der Waals surface area contributed by atoms with Crippen molar-refractivity contribution < 1.29 is 9.59 Å². The Hall–Kier alpha value is -2.33. The fourth-order valence-corrected chi connectivity index (χ4v) is 4.40. The third-order valence-electron chi connectivity index (χ3n) is 6.44. The predicted molar refractivity (Wildman–Crippen MR) is 131 cm³/mol. The van der Waals surface area contributed by atoms with Crippen molar-refractivity contribution >= 4 is 23.4 Å². The van der Waals surface area contributed by atoms with Gasteiger partial charge in [-0.15, -0.1) is 0 Å². The van der Waals surface area contributed by atoms with Crippen molar-refractivity contribution in [1.82, 2.24) is 10.2 Å². The Morgan fingerprint density at radius 1 is 0.969 bits per heavy atom. The van der Waals surface area contributed by atoms with Gasteiger partial charge in [-0.1, -0.05) is 74.2 Å². The molecule has 1 N–H and O–H groups in total. The van der Waals surface area contributed by atoms with E-state index in [-0.39, 0.29) is 17.9 Å².